The summed E-state index contributed by atoms with van der Waals surface area (Å²) in [6.45, 7) is 10.4. The van der Waals surface area contributed by atoms with Crippen molar-refractivity contribution in [3.8, 4) is 22.3 Å². The van der Waals surface area contributed by atoms with Gasteiger partial charge in [-0.1, -0.05) is 0 Å². The second-order valence-corrected chi connectivity index (χ2v) is 16.5. The Morgan fingerprint density at radius 2 is 0.960 bits per heavy atom. The molecule has 264 valence electrons. The standard InChI is InChI=1S/2C15H17FN6O2S/c2*1-15(2,3)21-25(23,24)11-4-9(6-18-7-11)10-5-12(16)13-19-14(17)20-22(13)8-10/h2*4-8,21H,1-3H3,(H2,17,20). The molecule has 6 aromatic rings. The first-order chi connectivity index (χ1) is 23.1. The van der Waals surface area contributed by atoms with Gasteiger partial charge in [0.25, 0.3) is 0 Å². The van der Waals surface area contributed by atoms with Crippen molar-refractivity contribution in [2.24, 2.45) is 0 Å². The Hall–Kier alpha value is -5.18. The highest BCUT2D eigenvalue weighted by Gasteiger charge is 2.24. The van der Waals surface area contributed by atoms with Crippen molar-refractivity contribution in [3.05, 3.63) is 73.1 Å². The van der Waals surface area contributed by atoms with E-state index in [1.165, 1.54) is 70.5 Å². The number of nitrogen functional groups attached to an aromatic ring is 2. The Morgan fingerprint density at radius 3 is 1.30 bits per heavy atom. The normalized spacial score (nSPS) is 12.6. The Balaban J connectivity index is 0.000000194. The molecule has 6 N–H and O–H groups in total. The van der Waals surface area contributed by atoms with Crippen LogP contribution in [0.3, 0.4) is 0 Å². The van der Waals surface area contributed by atoms with Gasteiger partial charge in [-0.15, -0.1) is 10.2 Å². The molecule has 0 aliphatic carbocycles. The van der Waals surface area contributed by atoms with Gasteiger partial charge in [-0.25, -0.2) is 44.1 Å². The van der Waals surface area contributed by atoms with Crippen LogP contribution in [0.1, 0.15) is 41.5 Å². The average molecular weight is 729 g/mol. The quantitative estimate of drug-likeness (QED) is 0.194. The highest BCUT2D eigenvalue weighted by atomic mass is 32.2. The summed E-state index contributed by atoms with van der Waals surface area (Å²) in [6, 6.07) is 5.30. The monoisotopic (exact) mass is 728 g/mol. The molecule has 6 heterocycles. The van der Waals surface area contributed by atoms with Gasteiger partial charge in [-0.2, -0.15) is 9.97 Å². The minimum absolute atomic E-state index is 0.00705. The number of aromatic nitrogens is 8. The van der Waals surface area contributed by atoms with Crippen LogP contribution in [0.2, 0.25) is 0 Å². The maximum atomic E-state index is 14.2. The zero-order valence-electron chi connectivity index (χ0n) is 27.7. The summed E-state index contributed by atoms with van der Waals surface area (Å²) in [5, 5.41) is 7.74. The summed E-state index contributed by atoms with van der Waals surface area (Å²) in [5.74, 6) is -1.36. The number of hydrogen-bond donors (Lipinski definition) is 4. The van der Waals surface area contributed by atoms with Gasteiger partial charge in [0.05, 0.1) is 0 Å². The number of hydrogen-bond acceptors (Lipinski definition) is 12. The molecule has 20 heteroatoms. The zero-order chi connectivity index (χ0) is 36.8. The molecule has 0 amide bonds. The van der Waals surface area contributed by atoms with Crippen LogP contribution < -0.4 is 20.9 Å². The molecule has 0 aliphatic heterocycles. The zero-order valence-corrected chi connectivity index (χ0v) is 29.3. The molecular formula is C30H34F2N12O4S2. The molecule has 6 aromatic heterocycles. The van der Waals surface area contributed by atoms with Gasteiger partial charge in [0.15, 0.2) is 22.9 Å². The van der Waals surface area contributed by atoms with Crippen molar-refractivity contribution in [2.75, 3.05) is 11.5 Å². The van der Waals surface area contributed by atoms with Crippen molar-refractivity contribution >= 4 is 43.2 Å². The van der Waals surface area contributed by atoms with Crippen LogP contribution in [0.25, 0.3) is 33.5 Å². The topological polar surface area (TPSA) is 231 Å². The second-order valence-electron chi connectivity index (χ2n) is 13.2. The van der Waals surface area contributed by atoms with E-state index in [4.69, 9.17) is 11.5 Å². The number of nitrogens with one attached hydrogen (secondary N) is 2. The van der Waals surface area contributed by atoms with Gasteiger partial charge in [0, 0.05) is 70.5 Å². The first kappa shape index (κ1) is 36.1. The van der Waals surface area contributed by atoms with Crippen LogP contribution in [0.5, 0.6) is 0 Å². The number of rotatable bonds is 6. The fourth-order valence-electron chi connectivity index (χ4n) is 4.61. The lowest BCUT2D eigenvalue weighted by Gasteiger charge is -2.20. The first-order valence-corrected chi connectivity index (χ1v) is 17.7. The smallest absolute Gasteiger partial charge is 0.242 e. The molecule has 0 bridgehead atoms. The minimum Gasteiger partial charge on any atom is -0.366 e. The van der Waals surface area contributed by atoms with Crippen molar-refractivity contribution in [3.63, 3.8) is 0 Å². The summed E-state index contributed by atoms with van der Waals surface area (Å²) in [7, 11) is -7.52. The van der Waals surface area contributed by atoms with Crippen LogP contribution in [0.15, 0.2) is 71.2 Å². The van der Waals surface area contributed by atoms with E-state index in [-0.39, 0.29) is 33.0 Å². The molecule has 0 fully saturated rings. The number of pyridine rings is 4. The third-order valence-electron chi connectivity index (χ3n) is 6.40. The summed E-state index contributed by atoms with van der Waals surface area (Å²) in [4.78, 5) is 15.4. The number of nitrogens with two attached hydrogens (primary N) is 2. The lowest BCUT2D eigenvalue weighted by Crippen LogP contribution is -2.40. The molecule has 0 atom stereocenters. The van der Waals surface area contributed by atoms with Gasteiger partial charge in [-0.3, -0.25) is 9.97 Å². The highest BCUT2D eigenvalue weighted by molar-refractivity contribution is 7.89. The maximum Gasteiger partial charge on any atom is 0.242 e. The molecule has 50 heavy (non-hydrogen) atoms. The Kier molecular flexibility index (Phi) is 9.34. The lowest BCUT2D eigenvalue weighted by atomic mass is 10.1. The Morgan fingerprint density at radius 1 is 0.600 bits per heavy atom. The summed E-state index contributed by atoms with van der Waals surface area (Å²) in [5.41, 5.74) is 11.3. The maximum absolute atomic E-state index is 14.2. The van der Waals surface area contributed by atoms with E-state index in [1.54, 1.807) is 41.5 Å². The Bertz CT molecular complexity index is 2280. The fourth-order valence-corrected chi connectivity index (χ4v) is 7.42. The van der Waals surface area contributed by atoms with E-state index in [0.717, 1.165) is 0 Å². The molecule has 0 aromatic carbocycles. The molecule has 0 radical (unpaired) electrons. The van der Waals surface area contributed by atoms with Crippen molar-refractivity contribution in [1.82, 2.24) is 48.6 Å². The Labute approximate surface area is 286 Å². The molecule has 0 saturated carbocycles. The third kappa shape index (κ3) is 8.33. The largest absolute Gasteiger partial charge is 0.366 e. The highest BCUT2D eigenvalue weighted by Crippen LogP contribution is 2.26. The van der Waals surface area contributed by atoms with E-state index in [9.17, 15) is 25.6 Å². The number of anilines is 2. The van der Waals surface area contributed by atoms with Crippen molar-refractivity contribution < 1.29 is 25.6 Å². The predicted octanol–water partition coefficient (Wildman–Crippen LogP) is 3.18. The number of sulfonamides is 2. The lowest BCUT2D eigenvalue weighted by molar-refractivity contribution is 0.489. The van der Waals surface area contributed by atoms with E-state index in [0.29, 0.717) is 22.3 Å². The SMILES string of the molecule is CC(C)(C)NS(=O)(=O)c1cncc(-c2cc(F)c3nc(N)nn3c2)c1.CC(C)(C)NS(=O)(=O)c1cncc(-c2cc(F)c3nc(N)nn3c2)c1. The van der Waals surface area contributed by atoms with E-state index < -0.39 is 42.8 Å². The predicted molar refractivity (Wildman–Crippen MR) is 181 cm³/mol. The third-order valence-corrected chi connectivity index (χ3v) is 9.85. The van der Waals surface area contributed by atoms with E-state index in [1.807, 2.05) is 0 Å². The van der Waals surface area contributed by atoms with Gasteiger partial charge >= 0.3 is 0 Å². The number of fused-ring (bicyclic) bond motifs is 2. The van der Waals surface area contributed by atoms with Gasteiger partial charge in [-0.05, 0) is 65.8 Å². The summed E-state index contributed by atoms with van der Waals surface area (Å²) < 4.78 is 85.6. The first-order valence-electron chi connectivity index (χ1n) is 14.7. The van der Waals surface area contributed by atoms with Gasteiger partial charge in [0.1, 0.15) is 9.79 Å². The fraction of sp³-hybridized carbons (Fsp3) is 0.267. The molecule has 16 nitrogen and oxygen atoms in total. The van der Waals surface area contributed by atoms with E-state index in [2.05, 4.69) is 39.6 Å². The van der Waals surface area contributed by atoms with E-state index >= 15 is 0 Å². The number of nitrogens with zero attached hydrogens (tertiary/aromatic N) is 8. The second kappa shape index (κ2) is 12.9. The van der Waals surface area contributed by atoms with Gasteiger partial charge < -0.3 is 11.5 Å². The average Bonchev–Trinajstić information content (AvgIpc) is 3.57. The number of halogens is 2. The summed E-state index contributed by atoms with van der Waals surface area (Å²) >= 11 is 0. The molecular weight excluding hydrogens is 695 g/mol. The van der Waals surface area contributed by atoms with Crippen molar-refractivity contribution in [1.29, 1.82) is 0 Å². The van der Waals surface area contributed by atoms with Crippen LogP contribution in [-0.4, -0.2) is 67.1 Å². The summed E-state index contributed by atoms with van der Waals surface area (Å²) in [6.07, 6.45) is 8.37. The molecule has 0 spiro atoms. The molecule has 0 unspecified atom stereocenters. The van der Waals surface area contributed by atoms with Gasteiger partial charge in [0.2, 0.25) is 31.9 Å². The minimum atomic E-state index is -3.76. The van der Waals surface area contributed by atoms with Crippen LogP contribution in [0, 0.1) is 11.6 Å². The van der Waals surface area contributed by atoms with Crippen molar-refractivity contribution in [2.45, 2.75) is 62.4 Å². The van der Waals surface area contributed by atoms with Crippen LogP contribution in [-0.2, 0) is 20.0 Å². The molecule has 0 saturated heterocycles. The molecule has 6 rings (SSSR count). The molecule has 0 aliphatic rings. The van der Waals surface area contributed by atoms with Crippen LogP contribution in [0.4, 0.5) is 20.7 Å². The van der Waals surface area contributed by atoms with Crippen LogP contribution >= 0.6 is 0 Å².